The summed E-state index contributed by atoms with van der Waals surface area (Å²) in [7, 11) is 1.72. The van der Waals surface area contributed by atoms with Crippen molar-refractivity contribution in [3.05, 3.63) is 53.4 Å². The second-order valence-corrected chi connectivity index (χ2v) is 8.77. The van der Waals surface area contributed by atoms with Crippen LogP contribution in [0.1, 0.15) is 52.0 Å². The summed E-state index contributed by atoms with van der Waals surface area (Å²) < 4.78 is 24.6. The van der Waals surface area contributed by atoms with E-state index in [4.69, 9.17) is 9.47 Å². The molecule has 1 aliphatic heterocycles. The van der Waals surface area contributed by atoms with Crippen molar-refractivity contribution in [2.24, 2.45) is 5.41 Å². The number of aliphatic hydroxyl groups excluding tert-OH is 1. The summed E-state index contributed by atoms with van der Waals surface area (Å²) in [6.07, 6.45) is 4.73. The minimum absolute atomic E-state index is 0.0472. The molecule has 1 fully saturated rings. The molecule has 4 nitrogen and oxygen atoms in total. The number of benzene rings is 1. The van der Waals surface area contributed by atoms with Crippen molar-refractivity contribution in [2.75, 3.05) is 7.11 Å². The number of aliphatic hydroxyl groups is 1. The average Bonchev–Trinajstić information content (AvgIpc) is 2.59. The first kappa shape index (κ1) is 20.7. The number of cyclic esters (lactones) is 1. The summed E-state index contributed by atoms with van der Waals surface area (Å²) in [5, 5.41) is 9.85. The minimum atomic E-state index is -0.669. The molecule has 1 aromatic carbocycles. The van der Waals surface area contributed by atoms with Gasteiger partial charge in [-0.25, -0.2) is 4.39 Å². The van der Waals surface area contributed by atoms with E-state index < -0.39 is 12.2 Å². The Bertz CT molecular complexity index is 793. The van der Waals surface area contributed by atoms with Crippen LogP contribution in [-0.2, 0) is 14.3 Å². The molecular weight excluding hydrogens is 359 g/mol. The number of carbonyl (C=O) groups excluding carboxylic acids is 1. The van der Waals surface area contributed by atoms with Gasteiger partial charge < -0.3 is 14.6 Å². The van der Waals surface area contributed by atoms with E-state index in [0.29, 0.717) is 12.8 Å². The number of methoxy groups -OCH3 is 1. The molecule has 1 unspecified atom stereocenters. The zero-order chi connectivity index (χ0) is 20.5. The highest BCUT2D eigenvalue weighted by atomic mass is 19.1. The van der Waals surface area contributed by atoms with Gasteiger partial charge in [0.15, 0.2) is 0 Å². The first-order valence-corrected chi connectivity index (χ1v) is 9.72. The lowest BCUT2D eigenvalue weighted by atomic mass is 9.65. The van der Waals surface area contributed by atoms with Gasteiger partial charge in [0.2, 0.25) is 0 Å². The Morgan fingerprint density at radius 2 is 1.93 bits per heavy atom. The summed E-state index contributed by atoms with van der Waals surface area (Å²) in [6, 6.07) is 6.52. The molecule has 0 spiro atoms. The summed E-state index contributed by atoms with van der Waals surface area (Å²) in [6.45, 7) is 6.42. The molecule has 5 heteroatoms. The maximum absolute atomic E-state index is 13.5. The average molecular weight is 388 g/mol. The summed E-state index contributed by atoms with van der Waals surface area (Å²) >= 11 is 0. The largest absolute Gasteiger partial charge is 0.458 e. The van der Waals surface area contributed by atoms with Gasteiger partial charge in [0.1, 0.15) is 11.9 Å². The van der Waals surface area contributed by atoms with E-state index in [1.54, 1.807) is 19.2 Å². The molecule has 0 bridgehead atoms. The molecule has 152 valence electrons. The molecular formula is C23H29FO4. The predicted molar refractivity (Wildman–Crippen MR) is 106 cm³/mol. The maximum atomic E-state index is 13.5. The van der Waals surface area contributed by atoms with Crippen LogP contribution < -0.4 is 0 Å². The van der Waals surface area contributed by atoms with Crippen molar-refractivity contribution < 1.29 is 23.8 Å². The molecule has 1 aromatic rings. The van der Waals surface area contributed by atoms with E-state index in [1.165, 1.54) is 12.1 Å². The molecule has 1 heterocycles. The highest BCUT2D eigenvalue weighted by Crippen LogP contribution is 2.49. The van der Waals surface area contributed by atoms with Crippen molar-refractivity contribution in [2.45, 2.75) is 64.3 Å². The Labute approximate surface area is 166 Å². The van der Waals surface area contributed by atoms with Crippen molar-refractivity contribution >= 4 is 11.5 Å². The van der Waals surface area contributed by atoms with Crippen LogP contribution >= 0.6 is 0 Å². The van der Waals surface area contributed by atoms with Gasteiger partial charge in [-0.1, -0.05) is 32.1 Å². The van der Waals surface area contributed by atoms with Crippen molar-refractivity contribution in [1.82, 2.24) is 0 Å². The van der Waals surface area contributed by atoms with Crippen LogP contribution in [0.3, 0.4) is 0 Å². The third kappa shape index (κ3) is 4.53. The SMILES string of the molecule is COC1(C)CC(c2ccc(F)cc2)=C(/C=C/[C@@H]2C[C@@H](O)CC(=O)O2)C(C)(C)C1. The van der Waals surface area contributed by atoms with Gasteiger partial charge in [0.05, 0.1) is 18.1 Å². The second-order valence-electron chi connectivity index (χ2n) is 8.77. The van der Waals surface area contributed by atoms with E-state index in [0.717, 1.165) is 23.1 Å². The van der Waals surface area contributed by atoms with Gasteiger partial charge in [-0.2, -0.15) is 0 Å². The van der Waals surface area contributed by atoms with Crippen molar-refractivity contribution in [3.8, 4) is 0 Å². The number of hydrogen-bond donors (Lipinski definition) is 1. The number of hydrogen-bond acceptors (Lipinski definition) is 4. The molecule has 3 atom stereocenters. The summed E-state index contributed by atoms with van der Waals surface area (Å²) in [5.41, 5.74) is 2.65. The van der Waals surface area contributed by atoms with Gasteiger partial charge in [0, 0.05) is 20.0 Å². The number of halogens is 1. The van der Waals surface area contributed by atoms with E-state index in [1.807, 2.05) is 12.2 Å². The Hall–Kier alpha value is -1.98. The normalized spacial score (nSPS) is 30.6. The van der Waals surface area contributed by atoms with Gasteiger partial charge >= 0.3 is 5.97 Å². The van der Waals surface area contributed by atoms with Crippen molar-refractivity contribution in [3.63, 3.8) is 0 Å². The summed E-state index contributed by atoms with van der Waals surface area (Å²) in [5.74, 6) is -0.648. The molecule has 1 saturated heterocycles. The van der Waals surface area contributed by atoms with Gasteiger partial charge in [0.25, 0.3) is 0 Å². The van der Waals surface area contributed by atoms with E-state index in [2.05, 4.69) is 20.8 Å². The molecule has 1 N–H and O–H groups in total. The molecule has 3 rings (SSSR count). The van der Waals surface area contributed by atoms with E-state index in [9.17, 15) is 14.3 Å². The number of allylic oxidation sites excluding steroid dienone is 2. The zero-order valence-electron chi connectivity index (χ0n) is 17.0. The third-order valence-corrected chi connectivity index (χ3v) is 5.77. The fourth-order valence-corrected chi connectivity index (χ4v) is 4.48. The number of ether oxygens (including phenoxy) is 2. The number of rotatable bonds is 4. The van der Waals surface area contributed by atoms with Gasteiger partial charge in [-0.05, 0) is 53.7 Å². The van der Waals surface area contributed by atoms with Gasteiger partial charge in [-0.3, -0.25) is 4.79 Å². The second kappa shape index (κ2) is 7.80. The lowest BCUT2D eigenvalue weighted by molar-refractivity contribution is -0.156. The topological polar surface area (TPSA) is 55.8 Å². The van der Waals surface area contributed by atoms with Crippen LogP contribution in [0.5, 0.6) is 0 Å². The number of carbonyl (C=O) groups is 1. The highest BCUT2D eigenvalue weighted by molar-refractivity contribution is 5.74. The van der Waals surface area contributed by atoms with Gasteiger partial charge in [-0.15, -0.1) is 0 Å². The standard InChI is InChI=1S/C23H29FO4/c1-22(2)14-23(3,27-4)13-19(15-5-7-16(24)8-6-15)20(22)10-9-18-11-17(25)12-21(26)28-18/h5-10,17-18,25H,11-14H2,1-4H3/b10-9+/t17-,18-,23?/m1/s1. The van der Waals surface area contributed by atoms with Crippen LogP contribution in [-0.4, -0.2) is 36.0 Å². The fraction of sp³-hybridized carbons (Fsp3) is 0.522. The number of esters is 1. The predicted octanol–water partition coefficient (Wildman–Crippen LogP) is 4.43. The Kier molecular flexibility index (Phi) is 5.78. The molecule has 1 aliphatic carbocycles. The fourth-order valence-electron chi connectivity index (χ4n) is 4.48. The molecule has 0 amide bonds. The monoisotopic (exact) mass is 388 g/mol. The molecule has 2 aliphatic rings. The lowest BCUT2D eigenvalue weighted by Gasteiger charge is -2.44. The molecule has 28 heavy (non-hydrogen) atoms. The maximum Gasteiger partial charge on any atom is 0.309 e. The lowest BCUT2D eigenvalue weighted by Crippen LogP contribution is -2.39. The first-order chi connectivity index (χ1) is 13.1. The van der Waals surface area contributed by atoms with Crippen LogP contribution in [0.2, 0.25) is 0 Å². The Balaban J connectivity index is 2.02. The van der Waals surface area contributed by atoms with E-state index >= 15 is 0 Å². The quantitative estimate of drug-likeness (QED) is 0.776. The van der Waals surface area contributed by atoms with E-state index in [-0.39, 0.29) is 29.2 Å². The highest BCUT2D eigenvalue weighted by Gasteiger charge is 2.41. The zero-order valence-corrected chi connectivity index (χ0v) is 17.0. The third-order valence-electron chi connectivity index (χ3n) is 5.77. The van der Waals surface area contributed by atoms with Crippen molar-refractivity contribution in [1.29, 1.82) is 0 Å². The van der Waals surface area contributed by atoms with Crippen LogP contribution in [0.25, 0.3) is 5.57 Å². The Morgan fingerprint density at radius 1 is 1.25 bits per heavy atom. The Morgan fingerprint density at radius 3 is 2.54 bits per heavy atom. The smallest absolute Gasteiger partial charge is 0.309 e. The molecule has 0 aromatic heterocycles. The molecule has 0 saturated carbocycles. The van der Waals surface area contributed by atoms with Crippen LogP contribution in [0, 0.1) is 11.2 Å². The van der Waals surface area contributed by atoms with Crippen LogP contribution in [0.4, 0.5) is 4.39 Å². The molecule has 0 radical (unpaired) electrons. The first-order valence-electron chi connectivity index (χ1n) is 9.72. The van der Waals surface area contributed by atoms with Crippen LogP contribution in [0.15, 0.2) is 42.0 Å². The summed E-state index contributed by atoms with van der Waals surface area (Å²) in [4.78, 5) is 11.6. The minimum Gasteiger partial charge on any atom is -0.458 e.